The molecule has 1 rings (SSSR count). The van der Waals surface area contributed by atoms with E-state index in [1.807, 2.05) is 0 Å². The third-order valence-corrected chi connectivity index (χ3v) is 1.41. The minimum Gasteiger partial charge on any atom is -0.453 e. The summed E-state index contributed by atoms with van der Waals surface area (Å²) in [5, 5.41) is 10.8. The minimum absolute atomic E-state index is 0.426. The van der Waals surface area contributed by atoms with Gasteiger partial charge in [0.05, 0.1) is 7.11 Å². The number of nitrogens with one attached hydrogen (secondary N) is 1. The average Bonchev–Trinajstić information content (AvgIpc) is 2.27. The smallest absolute Gasteiger partial charge is 0.453 e. The summed E-state index contributed by atoms with van der Waals surface area (Å²) in [6.45, 7) is 0. The first kappa shape index (κ1) is 15.7. The van der Waals surface area contributed by atoms with Crippen molar-refractivity contribution in [3.8, 4) is 0 Å². The van der Waals surface area contributed by atoms with Gasteiger partial charge in [-0.1, -0.05) is 0 Å². The van der Waals surface area contributed by atoms with Crippen molar-refractivity contribution >= 4 is 24.7 Å². The lowest BCUT2D eigenvalue weighted by atomic mass is 10.3. The van der Waals surface area contributed by atoms with Gasteiger partial charge in [-0.15, -0.1) is 0 Å². The molecule has 98 valence electrons. The number of hydrogen-bond acceptors (Lipinski definition) is 3. The van der Waals surface area contributed by atoms with Crippen LogP contribution in [-0.4, -0.2) is 20.5 Å². The molecule has 0 aliphatic carbocycles. The van der Waals surface area contributed by atoms with Gasteiger partial charge in [-0.25, -0.2) is 4.79 Å². The maximum absolute atomic E-state index is 10.7. The Morgan fingerprint density at radius 3 is 2.06 bits per heavy atom. The van der Waals surface area contributed by atoms with E-state index >= 15 is 0 Å². The zero-order chi connectivity index (χ0) is 14.2. The highest BCUT2D eigenvalue weighted by Gasteiger charge is 2.20. The molecule has 0 saturated carbocycles. The fraction of sp³-hybridized carbons (Fsp3) is 0.125. The van der Waals surface area contributed by atoms with Gasteiger partial charge >= 0.3 is 19.0 Å². The number of carbonyl (C=O) groups excluding carboxylic acids is 1. The largest absolute Gasteiger partial charge is 0.673 e. The Labute approximate surface area is 99.5 Å². The zero-order valence-electron chi connectivity index (χ0n) is 9.11. The molecule has 10 heteroatoms. The second-order valence-corrected chi connectivity index (χ2v) is 2.76. The standard InChI is InChI=1S/C8H7N3O2.BF4/c1-13-8(12)10-6-2-4-7(11-9)5-3-6;2-1(3,4)5/h2-5H,1H3;/q;-1/p+1. The van der Waals surface area contributed by atoms with Gasteiger partial charge < -0.3 is 22.0 Å². The number of ether oxygens (including phenoxy) is 1. The van der Waals surface area contributed by atoms with Crippen LogP contribution in [0.1, 0.15) is 0 Å². The van der Waals surface area contributed by atoms with Gasteiger partial charge in [-0.3, -0.25) is 5.32 Å². The Morgan fingerprint density at radius 1 is 1.28 bits per heavy atom. The SMILES string of the molecule is COC(=O)Nc1ccc([N+]#N)cc1.F[B-](F)(F)F. The molecule has 0 unspecified atom stereocenters. The van der Waals surface area contributed by atoms with Crippen LogP contribution in [0, 0.1) is 5.39 Å². The first-order valence-corrected chi connectivity index (χ1v) is 4.43. The van der Waals surface area contributed by atoms with Gasteiger partial charge in [0.2, 0.25) is 5.39 Å². The first-order valence-electron chi connectivity index (χ1n) is 4.43. The van der Waals surface area contributed by atoms with Crippen LogP contribution < -0.4 is 5.32 Å². The van der Waals surface area contributed by atoms with Crippen LogP contribution in [0.4, 0.5) is 33.4 Å². The molecule has 1 amide bonds. The molecule has 0 aliphatic heterocycles. The van der Waals surface area contributed by atoms with Crippen LogP contribution in [-0.2, 0) is 4.74 Å². The summed E-state index contributed by atoms with van der Waals surface area (Å²) in [4.78, 5) is 13.7. The van der Waals surface area contributed by atoms with Crippen molar-refractivity contribution in [3.05, 3.63) is 29.2 Å². The third-order valence-electron chi connectivity index (χ3n) is 1.41. The molecule has 1 aromatic carbocycles. The average molecular weight is 265 g/mol. The molecule has 5 nitrogen and oxygen atoms in total. The van der Waals surface area contributed by atoms with Gasteiger partial charge in [-0.05, 0) is 12.1 Å². The Bertz CT molecular complexity index is 423. The van der Waals surface area contributed by atoms with Crippen molar-refractivity contribution < 1.29 is 26.8 Å². The molecule has 0 aliphatic rings. The molecule has 0 heterocycles. The minimum atomic E-state index is -6.00. The molecular formula is C8H8BF4N3O2. The Kier molecular flexibility index (Phi) is 6.20. The van der Waals surface area contributed by atoms with Crippen LogP contribution in [0.15, 0.2) is 24.3 Å². The normalized spacial score (nSPS) is 9.56. The molecule has 0 aromatic heterocycles. The van der Waals surface area contributed by atoms with Crippen molar-refractivity contribution in [3.63, 3.8) is 0 Å². The Balaban J connectivity index is 0.000000494. The number of diazo groups is 1. The molecule has 0 radical (unpaired) electrons. The molecule has 0 fully saturated rings. The van der Waals surface area contributed by atoms with Crippen molar-refractivity contribution in [2.24, 2.45) is 0 Å². The molecule has 1 N–H and O–H groups in total. The number of carbonyl (C=O) groups is 1. The number of hydrogen-bond donors (Lipinski definition) is 1. The molecule has 18 heavy (non-hydrogen) atoms. The van der Waals surface area contributed by atoms with Crippen molar-refractivity contribution in [2.45, 2.75) is 0 Å². The Morgan fingerprint density at radius 2 is 1.72 bits per heavy atom. The topological polar surface area (TPSA) is 66.5 Å². The molecule has 0 saturated heterocycles. The van der Waals surface area contributed by atoms with E-state index in [0.717, 1.165) is 0 Å². The number of halogens is 4. The van der Waals surface area contributed by atoms with Crippen molar-refractivity contribution in [1.82, 2.24) is 0 Å². The predicted molar refractivity (Wildman–Crippen MR) is 57.4 cm³/mol. The highest BCUT2D eigenvalue weighted by Crippen LogP contribution is 2.15. The van der Waals surface area contributed by atoms with E-state index in [-0.39, 0.29) is 0 Å². The highest BCUT2D eigenvalue weighted by molar-refractivity contribution is 6.50. The van der Waals surface area contributed by atoms with Crippen molar-refractivity contribution in [1.29, 1.82) is 5.39 Å². The molecule has 0 atom stereocenters. The summed E-state index contributed by atoms with van der Waals surface area (Å²) in [6, 6.07) is 6.33. The van der Waals surface area contributed by atoms with E-state index in [2.05, 4.69) is 15.0 Å². The van der Waals surface area contributed by atoms with E-state index in [1.54, 1.807) is 24.3 Å². The van der Waals surface area contributed by atoms with Crippen LogP contribution in [0.25, 0.3) is 4.98 Å². The summed E-state index contributed by atoms with van der Waals surface area (Å²) in [5.74, 6) is 0. The monoisotopic (exact) mass is 265 g/mol. The second kappa shape index (κ2) is 7.11. The highest BCUT2D eigenvalue weighted by atomic mass is 19.5. The Hall–Kier alpha value is -2.31. The molecule has 0 spiro atoms. The maximum atomic E-state index is 10.7. The van der Waals surface area contributed by atoms with E-state index in [4.69, 9.17) is 5.39 Å². The number of anilines is 1. The van der Waals surface area contributed by atoms with Gasteiger partial charge in [0.1, 0.15) is 0 Å². The van der Waals surface area contributed by atoms with Gasteiger partial charge in [0, 0.05) is 17.8 Å². The van der Waals surface area contributed by atoms with Crippen LogP contribution in [0.3, 0.4) is 0 Å². The number of rotatable bonds is 1. The summed E-state index contributed by atoms with van der Waals surface area (Å²) in [5.41, 5.74) is 1.01. The lowest BCUT2D eigenvalue weighted by Gasteiger charge is -2.00. The maximum Gasteiger partial charge on any atom is 0.673 e. The molecule has 1 aromatic rings. The third kappa shape index (κ3) is 8.96. The van der Waals surface area contributed by atoms with Gasteiger partial charge in [0.15, 0.2) is 4.98 Å². The van der Waals surface area contributed by atoms with Gasteiger partial charge in [0.25, 0.3) is 0 Å². The number of amides is 1. The summed E-state index contributed by atoms with van der Waals surface area (Å²) < 4.78 is 43.4. The van der Waals surface area contributed by atoms with E-state index in [0.29, 0.717) is 11.4 Å². The van der Waals surface area contributed by atoms with E-state index in [1.165, 1.54) is 7.11 Å². The van der Waals surface area contributed by atoms with E-state index in [9.17, 15) is 22.1 Å². The second-order valence-electron chi connectivity index (χ2n) is 2.76. The van der Waals surface area contributed by atoms with Gasteiger partial charge in [-0.2, -0.15) is 0 Å². The van der Waals surface area contributed by atoms with Crippen LogP contribution in [0.5, 0.6) is 0 Å². The molecule has 0 bridgehead atoms. The quantitative estimate of drug-likeness (QED) is 0.478. The first-order chi connectivity index (χ1) is 8.26. The number of nitrogens with zero attached hydrogens (tertiary/aromatic N) is 2. The number of benzene rings is 1. The van der Waals surface area contributed by atoms with Crippen LogP contribution in [0.2, 0.25) is 0 Å². The van der Waals surface area contributed by atoms with E-state index < -0.39 is 13.3 Å². The lowest BCUT2D eigenvalue weighted by Crippen LogP contribution is -2.10. The summed E-state index contributed by atoms with van der Waals surface area (Å²) in [7, 11) is -4.72. The molecular weight excluding hydrogens is 257 g/mol. The zero-order valence-corrected chi connectivity index (χ0v) is 9.11. The lowest BCUT2D eigenvalue weighted by molar-refractivity contribution is 0.187. The van der Waals surface area contributed by atoms with Crippen molar-refractivity contribution in [2.75, 3.05) is 12.4 Å². The fourth-order valence-electron chi connectivity index (χ4n) is 0.780. The summed E-state index contributed by atoms with van der Waals surface area (Å²) >= 11 is 0. The number of methoxy groups -OCH3 is 1. The summed E-state index contributed by atoms with van der Waals surface area (Å²) in [6.07, 6.45) is -0.534. The van der Waals surface area contributed by atoms with Crippen LogP contribution >= 0.6 is 0 Å². The predicted octanol–water partition coefficient (Wildman–Crippen LogP) is 3.65. The fourth-order valence-corrected chi connectivity index (χ4v) is 0.780.